The summed E-state index contributed by atoms with van der Waals surface area (Å²) in [5, 5.41) is 6.68. The highest BCUT2D eigenvalue weighted by Crippen LogP contribution is 2.28. The van der Waals surface area contributed by atoms with Crippen molar-refractivity contribution in [2.75, 3.05) is 22.6 Å². The molecule has 7 nitrogen and oxygen atoms in total. The van der Waals surface area contributed by atoms with Crippen molar-refractivity contribution in [3.63, 3.8) is 0 Å². The molecule has 8 heteroatoms. The van der Waals surface area contributed by atoms with Gasteiger partial charge >= 0.3 is 6.09 Å². The molecule has 3 rings (SSSR count). The van der Waals surface area contributed by atoms with Gasteiger partial charge in [0.15, 0.2) is 5.11 Å². The van der Waals surface area contributed by atoms with E-state index in [1.165, 1.54) is 0 Å². The van der Waals surface area contributed by atoms with Crippen molar-refractivity contribution >= 4 is 40.6 Å². The van der Waals surface area contributed by atoms with Gasteiger partial charge in [0.2, 0.25) is 0 Å². The van der Waals surface area contributed by atoms with Crippen molar-refractivity contribution in [1.82, 2.24) is 4.98 Å². The lowest BCUT2D eigenvalue weighted by atomic mass is 10.0. The number of carbonyl (C=O) groups excluding carboxylic acids is 1. The maximum absolute atomic E-state index is 12.7. The molecular weight excluding hydrogens is 460 g/mol. The molecule has 0 aliphatic heterocycles. The summed E-state index contributed by atoms with van der Waals surface area (Å²) < 4.78 is 10.6. The molecule has 0 atom stereocenters. The zero-order valence-electron chi connectivity index (χ0n) is 21.0. The Hall–Kier alpha value is -3.65. The summed E-state index contributed by atoms with van der Waals surface area (Å²) in [4.78, 5) is 19.1. The van der Waals surface area contributed by atoms with Crippen LogP contribution in [0.4, 0.5) is 22.0 Å². The van der Waals surface area contributed by atoms with Gasteiger partial charge in [-0.3, -0.25) is 4.90 Å². The first-order chi connectivity index (χ1) is 16.6. The molecule has 2 N–H and O–H groups in total. The van der Waals surface area contributed by atoms with Gasteiger partial charge in [0.05, 0.1) is 18.9 Å². The highest BCUT2D eigenvalue weighted by atomic mass is 32.1. The fraction of sp³-hybridized carbons (Fsp3) is 0.296. The first-order valence-corrected chi connectivity index (χ1v) is 11.8. The number of carbonyl (C=O) groups is 1. The standard InChI is InChI=1S/C27H32N4O3S/c1-18(2)34-26(32)31(27(3,4)5)21-14-10-19(11-15-21)23-8-7-9-24(29-23)30-25(35)28-20-12-16-22(33-6)17-13-20/h7-18H,1-6H3,(H2,28,29,30,35). The van der Waals surface area contributed by atoms with E-state index in [0.717, 1.165) is 28.4 Å². The van der Waals surface area contributed by atoms with Crippen molar-refractivity contribution in [1.29, 1.82) is 0 Å². The second-order valence-electron chi connectivity index (χ2n) is 9.20. The van der Waals surface area contributed by atoms with Gasteiger partial charge in [-0.05, 0) is 95.4 Å². The van der Waals surface area contributed by atoms with E-state index in [0.29, 0.717) is 10.9 Å². The first kappa shape index (κ1) is 26.0. The number of methoxy groups -OCH3 is 1. The number of rotatable bonds is 6. The second-order valence-corrected chi connectivity index (χ2v) is 9.61. The zero-order valence-corrected chi connectivity index (χ0v) is 21.8. The summed E-state index contributed by atoms with van der Waals surface area (Å²) >= 11 is 5.43. The van der Waals surface area contributed by atoms with Crippen molar-refractivity contribution in [2.45, 2.75) is 46.3 Å². The minimum Gasteiger partial charge on any atom is -0.497 e. The zero-order chi connectivity index (χ0) is 25.6. The van der Waals surface area contributed by atoms with Crippen LogP contribution in [-0.4, -0.2) is 34.9 Å². The Bertz CT molecular complexity index is 1160. The number of amides is 1. The first-order valence-electron chi connectivity index (χ1n) is 11.4. The highest BCUT2D eigenvalue weighted by Gasteiger charge is 2.30. The number of pyridine rings is 1. The molecule has 0 radical (unpaired) electrons. The second kappa shape index (κ2) is 11.2. The Morgan fingerprint density at radius 3 is 2.20 bits per heavy atom. The van der Waals surface area contributed by atoms with Crippen LogP contribution >= 0.6 is 12.2 Å². The van der Waals surface area contributed by atoms with Gasteiger partial charge < -0.3 is 20.1 Å². The Labute approximate surface area is 212 Å². The van der Waals surface area contributed by atoms with Crippen LogP contribution in [0, 0.1) is 0 Å². The summed E-state index contributed by atoms with van der Waals surface area (Å²) in [5.41, 5.74) is 2.85. The van der Waals surface area contributed by atoms with Gasteiger partial charge in [-0.1, -0.05) is 18.2 Å². The quantitative estimate of drug-likeness (QED) is 0.370. The summed E-state index contributed by atoms with van der Waals surface area (Å²) in [6.45, 7) is 9.60. The van der Waals surface area contributed by atoms with Gasteiger partial charge in [0, 0.05) is 22.5 Å². The van der Waals surface area contributed by atoms with Gasteiger partial charge in [-0.25, -0.2) is 9.78 Å². The molecule has 184 valence electrons. The minimum absolute atomic E-state index is 0.198. The van der Waals surface area contributed by atoms with Crippen molar-refractivity contribution in [3.8, 4) is 17.0 Å². The summed E-state index contributed by atoms with van der Waals surface area (Å²) in [6.07, 6.45) is -0.571. The molecule has 2 aromatic carbocycles. The predicted octanol–water partition coefficient (Wildman–Crippen LogP) is 6.72. The maximum Gasteiger partial charge on any atom is 0.415 e. The molecule has 35 heavy (non-hydrogen) atoms. The summed E-state index contributed by atoms with van der Waals surface area (Å²) in [7, 11) is 1.63. The van der Waals surface area contributed by atoms with Crippen LogP contribution in [0.25, 0.3) is 11.3 Å². The number of aromatic nitrogens is 1. The molecule has 3 aromatic rings. The fourth-order valence-corrected chi connectivity index (χ4v) is 3.64. The van der Waals surface area contributed by atoms with Crippen LogP contribution in [-0.2, 0) is 4.74 Å². The summed E-state index contributed by atoms with van der Waals surface area (Å²) in [5.74, 6) is 1.40. The predicted molar refractivity (Wildman–Crippen MR) is 146 cm³/mol. The SMILES string of the molecule is COc1ccc(NC(=S)Nc2cccc(-c3ccc(N(C(=O)OC(C)C)C(C)(C)C)cc3)n2)cc1. The number of benzene rings is 2. The van der Waals surface area contributed by atoms with E-state index < -0.39 is 5.54 Å². The number of hydrogen-bond donors (Lipinski definition) is 2. The third kappa shape index (κ3) is 7.16. The Morgan fingerprint density at radius 1 is 0.971 bits per heavy atom. The highest BCUT2D eigenvalue weighted by molar-refractivity contribution is 7.80. The normalized spacial score (nSPS) is 11.1. The van der Waals surface area contributed by atoms with Gasteiger partial charge in [0.25, 0.3) is 0 Å². The molecule has 1 aromatic heterocycles. The van der Waals surface area contributed by atoms with Crippen molar-refractivity contribution in [3.05, 3.63) is 66.7 Å². The molecule has 0 aliphatic carbocycles. The average molecular weight is 493 g/mol. The van der Waals surface area contributed by atoms with E-state index in [4.69, 9.17) is 21.7 Å². The van der Waals surface area contributed by atoms with Gasteiger partial charge in [-0.2, -0.15) is 0 Å². The van der Waals surface area contributed by atoms with Crippen LogP contribution < -0.4 is 20.3 Å². The Balaban J connectivity index is 1.73. The lowest BCUT2D eigenvalue weighted by molar-refractivity contribution is 0.118. The van der Waals surface area contributed by atoms with Crippen LogP contribution in [0.1, 0.15) is 34.6 Å². The third-order valence-electron chi connectivity index (χ3n) is 4.95. The summed E-state index contributed by atoms with van der Waals surface area (Å²) in [6, 6.07) is 20.9. The third-order valence-corrected chi connectivity index (χ3v) is 5.15. The number of hydrogen-bond acceptors (Lipinski definition) is 5. The van der Waals surface area contributed by atoms with Gasteiger partial charge in [-0.15, -0.1) is 0 Å². The molecule has 1 heterocycles. The van der Waals surface area contributed by atoms with Crippen LogP contribution in [0.3, 0.4) is 0 Å². The molecule has 0 spiro atoms. The van der Waals surface area contributed by atoms with E-state index in [1.54, 1.807) is 12.0 Å². The number of anilines is 3. The molecule has 0 aliphatic rings. The minimum atomic E-state index is -0.442. The van der Waals surface area contributed by atoms with E-state index in [2.05, 4.69) is 15.6 Å². The van der Waals surface area contributed by atoms with E-state index in [-0.39, 0.29) is 12.2 Å². The molecule has 1 amide bonds. The maximum atomic E-state index is 12.7. The van der Waals surface area contributed by atoms with Crippen LogP contribution in [0.15, 0.2) is 66.7 Å². The van der Waals surface area contributed by atoms with Gasteiger partial charge in [0.1, 0.15) is 11.6 Å². The largest absolute Gasteiger partial charge is 0.497 e. The van der Waals surface area contributed by atoms with E-state index >= 15 is 0 Å². The fourth-order valence-electron chi connectivity index (χ4n) is 3.42. The number of nitrogens with one attached hydrogen (secondary N) is 2. The van der Waals surface area contributed by atoms with Crippen molar-refractivity contribution in [2.24, 2.45) is 0 Å². The monoisotopic (exact) mass is 492 g/mol. The molecule has 0 saturated carbocycles. The van der Waals surface area contributed by atoms with E-state index in [9.17, 15) is 4.79 Å². The number of thiocarbonyl (C=S) groups is 1. The molecule has 0 saturated heterocycles. The molecular formula is C27H32N4O3S. The van der Waals surface area contributed by atoms with Crippen LogP contribution in [0.5, 0.6) is 5.75 Å². The number of nitrogens with zero attached hydrogens (tertiary/aromatic N) is 2. The topological polar surface area (TPSA) is 75.7 Å². The van der Waals surface area contributed by atoms with E-state index in [1.807, 2.05) is 101 Å². The molecule has 0 unspecified atom stereocenters. The van der Waals surface area contributed by atoms with Crippen LogP contribution in [0.2, 0.25) is 0 Å². The molecule has 0 fully saturated rings. The number of ether oxygens (including phenoxy) is 2. The average Bonchev–Trinajstić information content (AvgIpc) is 2.79. The smallest absolute Gasteiger partial charge is 0.415 e. The lowest BCUT2D eigenvalue weighted by Crippen LogP contribution is -2.46. The Kier molecular flexibility index (Phi) is 8.30. The lowest BCUT2D eigenvalue weighted by Gasteiger charge is -2.35. The molecule has 0 bridgehead atoms. The Morgan fingerprint density at radius 2 is 1.63 bits per heavy atom. The van der Waals surface area contributed by atoms with Crippen molar-refractivity contribution < 1.29 is 14.3 Å².